The van der Waals surface area contributed by atoms with Crippen LogP contribution in [0.25, 0.3) is 0 Å². The summed E-state index contributed by atoms with van der Waals surface area (Å²) in [6.45, 7) is -0.955. The lowest BCUT2D eigenvalue weighted by atomic mass is 10.2. The molecule has 7 heteroatoms. The molecule has 19 heavy (non-hydrogen) atoms. The van der Waals surface area contributed by atoms with E-state index in [-0.39, 0.29) is 18.8 Å². The van der Waals surface area contributed by atoms with E-state index in [2.05, 4.69) is 10.2 Å². The Hall–Kier alpha value is -1.50. The maximum Gasteiger partial charge on any atom is 0.288 e. The third-order valence-corrected chi connectivity index (χ3v) is 3.36. The van der Waals surface area contributed by atoms with Crippen molar-refractivity contribution in [2.24, 2.45) is 0 Å². The van der Waals surface area contributed by atoms with E-state index in [1.54, 1.807) is 6.07 Å². The molecular formula is C12H15F2N3O2. The quantitative estimate of drug-likeness (QED) is 0.884. The van der Waals surface area contributed by atoms with Crippen LogP contribution < -0.4 is 0 Å². The van der Waals surface area contributed by atoms with Crippen molar-refractivity contribution in [1.82, 2.24) is 15.1 Å². The van der Waals surface area contributed by atoms with E-state index in [0.29, 0.717) is 5.92 Å². The van der Waals surface area contributed by atoms with E-state index in [4.69, 9.17) is 4.74 Å². The molecule has 2 heterocycles. The van der Waals surface area contributed by atoms with Crippen LogP contribution in [0.1, 0.15) is 34.9 Å². The van der Waals surface area contributed by atoms with Crippen LogP contribution in [0.4, 0.5) is 8.78 Å². The van der Waals surface area contributed by atoms with Gasteiger partial charge in [-0.1, -0.05) is 0 Å². The predicted molar refractivity (Wildman–Crippen MR) is 62.2 cm³/mol. The number of ether oxygens (including phenoxy) is 1. The minimum absolute atomic E-state index is 0.126. The Balaban J connectivity index is 1.73. The highest BCUT2D eigenvalue weighted by Gasteiger charge is 2.37. The number of aromatic nitrogens is 2. The van der Waals surface area contributed by atoms with E-state index < -0.39 is 25.0 Å². The lowest BCUT2D eigenvalue weighted by Crippen LogP contribution is -2.41. The van der Waals surface area contributed by atoms with Gasteiger partial charge in [0.05, 0.1) is 13.2 Å². The molecule has 0 bridgehead atoms. The van der Waals surface area contributed by atoms with E-state index in [9.17, 15) is 13.6 Å². The van der Waals surface area contributed by atoms with E-state index in [1.807, 2.05) is 0 Å². The molecule has 2 fully saturated rings. The topological polar surface area (TPSA) is 58.2 Å². The molecule has 1 aromatic heterocycles. The van der Waals surface area contributed by atoms with Crippen molar-refractivity contribution >= 4 is 5.91 Å². The number of carbonyl (C=O) groups is 1. The Kier molecular flexibility index (Phi) is 3.00. The first-order valence-corrected chi connectivity index (χ1v) is 6.35. The Morgan fingerprint density at radius 3 is 3.05 bits per heavy atom. The largest absolute Gasteiger partial charge is 0.373 e. The fourth-order valence-corrected chi connectivity index (χ4v) is 2.19. The Morgan fingerprint density at radius 2 is 2.32 bits per heavy atom. The van der Waals surface area contributed by atoms with Crippen molar-refractivity contribution in [2.45, 2.75) is 24.7 Å². The second-order valence-corrected chi connectivity index (χ2v) is 5.12. The summed E-state index contributed by atoms with van der Waals surface area (Å²) in [5.74, 6) is -3.02. The summed E-state index contributed by atoms with van der Waals surface area (Å²) >= 11 is 0. The van der Waals surface area contributed by atoms with Gasteiger partial charge in [0.15, 0.2) is 0 Å². The molecule has 1 aromatic rings. The first-order chi connectivity index (χ1) is 9.05. The van der Waals surface area contributed by atoms with Crippen molar-refractivity contribution in [2.75, 3.05) is 26.3 Å². The first-order valence-electron chi connectivity index (χ1n) is 6.35. The zero-order valence-corrected chi connectivity index (χ0v) is 10.4. The summed E-state index contributed by atoms with van der Waals surface area (Å²) in [4.78, 5) is 13.3. The number of aromatic amines is 1. The molecule has 1 saturated carbocycles. The first kappa shape index (κ1) is 12.5. The number of nitrogens with one attached hydrogen (secondary N) is 1. The van der Waals surface area contributed by atoms with Gasteiger partial charge in [-0.05, 0) is 18.9 Å². The molecule has 5 nitrogen and oxygen atoms in total. The van der Waals surface area contributed by atoms with Crippen LogP contribution in [0.5, 0.6) is 0 Å². The lowest BCUT2D eigenvalue weighted by molar-refractivity contribution is -0.0661. The highest BCUT2D eigenvalue weighted by atomic mass is 19.3. The van der Waals surface area contributed by atoms with Crippen molar-refractivity contribution in [3.8, 4) is 0 Å². The van der Waals surface area contributed by atoms with Crippen molar-refractivity contribution in [1.29, 1.82) is 0 Å². The lowest BCUT2D eigenvalue weighted by Gasteiger charge is -2.22. The molecule has 1 aliphatic heterocycles. The summed E-state index contributed by atoms with van der Waals surface area (Å²) in [6, 6.07) is 1.67. The zero-order valence-electron chi connectivity index (χ0n) is 10.4. The van der Waals surface area contributed by atoms with Crippen LogP contribution >= 0.6 is 0 Å². The summed E-state index contributed by atoms with van der Waals surface area (Å²) in [7, 11) is 0. The number of amides is 1. The summed E-state index contributed by atoms with van der Waals surface area (Å²) < 4.78 is 31.6. The van der Waals surface area contributed by atoms with Gasteiger partial charge in [-0.15, -0.1) is 0 Å². The van der Waals surface area contributed by atoms with Gasteiger partial charge in [0, 0.05) is 18.2 Å². The highest BCUT2D eigenvalue weighted by Crippen LogP contribution is 2.39. The number of hydrogen-bond donors (Lipinski definition) is 1. The number of carbonyl (C=O) groups excluding carboxylic acids is 1. The zero-order chi connectivity index (χ0) is 13.5. The standard InChI is InChI=1S/C12H15F2N3O2/c13-12(14)6-17(3-4-19-7-12)11(18)10-5-9(15-16-10)8-1-2-8/h5,8H,1-4,6-7H2,(H,15,16). The van der Waals surface area contributed by atoms with E-state index in [0.717, 1.165) is 23.4 Å². The smallest absolute Gasteiger partial charge is 0.288 e. The number of H-pyrrole nitrogens is 1. The molecule has 0 atom stereocenters. The minimum atomic E-state index is -3.00. The summed E-state index contributed by atoms with van der Waals surface area (Å²) in [6.07, 6.45) is 2.18. The Morgan fingerprint density at radius 1 is 1.53 bits per heavy atom. The molecule has 0 unspecified atom stereocenters. The van der Waals surface area contributed by atoms with Crippen LogP contribution in [-0.2, 0) is 4.74 Å². The summed E-state index contributed by atoms with van der Waals surface area (Å²) in [5.41, 5.74) is 1.13. The van der Waals surface area contributed by atoms with Crippen LogP contribution in [-0.4, -0.2) is 53.2 Å². The molecule has 1 N–H and O–H groups in total. The van der Waals surface area contributed by atoms with Crippen molar-refractivity contribution in [3.05, 3.63) is 17.5 Å². The third kappa shape index (κ3) is 2.75. The molecular weight excluding hydrogens is 256 g/mol. The van der Waals surface area contributed by atoms with Gasteiger partial charge in [0.2, 0.25) is 0 Å². The van der Waals surface area contributed by atoms with Crippen LogP contribution in [0.2, 0.25) is 0 Å². The van der Waals surface area contributed by atoms with Gasteiger partial charge in [0.25, 0.3) is 11.8 Å². The van der Waals surface area contributed by atoms with Crippen LogP contribution in [0.15, 0.2) is 6.07 Å². The number of nitrogens with zero attached hydrogens (tertiary/aromatic N) is 2. The van der Waals surface area contributed by atoms with Crippen LogP contribution in [0.3, 0.4) is 0 Å². The molecule has 1 aliphatic carbocycles. The molecule has 1 amide bonds. The predicted octanol–water partition coefficient (Wildman–Crippen LogP) is 1.39. The van der Waals surface area contributed by atoms with Crippen LogP contribution in [0, 0.1) is 0 Å². The molecule has 1 saturated heterocycles. The monoisotopic (exact) mass is 271 g/mol. The number of alkyl halides is 2. The van der Waals surface area contributed by atoms with E-state index >= 15 is 0 Å². The van der Waals surface area contributed by atoms with Gasteiger partial charge in [-0.2, -0.15) is 5.10 Å². The van der Waals surface area contributed by atoms with Crippen molar-refractivity contribution < 1.29 is 18.3 Å². The van der Waals surface area contributed by atoms with Gasteiger partial charge in [-0.25, -0.2) is 8.78 Å². The molecule has 0 radical (unpaired) electrons. The average Bonchev–Trinajstić information content (AvgIpc) is 3.12. The fourth-order valence-electron chi connectivity index (χ4n) is 2.19. The SMILES string of the molecule is O=C(c1cc(C2CC2)[nH]n1)N1CCOCC(F)(F)C1. The Bertz CT molecular complexity index is 485. The maximum absolute atomic E-state index is 13.4. The van der Waals surface area contributed by atoms with Crippen molar-refractivity contribution in [3.63, 3.8) is 0 Å². The second kappa shape index (κ2) is 4.56. The highest BCUT2D eigenvalue weighted by molar-refractivity contribution is 5.92. The molecule has 0 aromatic carbocycles. The van der Waals surface area contributed by atoms with Gasteiger partial charge < -0.3 is 9.64 Å². The normalized spacial score (nSPS) is 23.2. The molecule has 0 spiro atoms. The molecule has 2 aliphatic rings. The summed E-state index contributed by atoms with van der Waals surface area (Å²) in [5, 5.41) is 6.74. The van der Waals surface area contributed by atoms with Gasteiger partial charge >= 0.3 is 0 Å². The number of rotatable bonds is 2. The minimum Gasteiger partial charge on any atom is -0.373 e. The van der Waals surface area contributed by atoms with Gasteiger partial charge in [0.1, 0.15) is 12.3 Å². The van der Waals surface area contributed by atoms with Gasteiger partial charge in [-0.3, -0.25) is 9.89 Å². The second-order valence-electron chi connectivity index (χ2n) is 5.12. The Labute approximate surface area is 108 Å². The molecule has 104 valence electrons. The third-order valence-electron chi connectivity index (χ3n) is 3.36. The average molecular weight is 271 g/mol. The number of halogens is 2. The maximum atomic E-state index is 13.4. The molecule has 3 rings (SSSR count). The fraction of sp³-hybridized carbons (Fsp3) is 0.667. The van der Waals surface area contributed by atoms with E-state index in [1.165, 1.54) is 0 Å². The number of hydrogen-bond acceptors (Lipinski definition) is 3.